The third-order valence-electron chi connectivity index (χ3n) is 8.65. The van der Waals surface area contributed by atoms with Gasteiger partial charge in [-0.1, -0.05) is 38.2 Å². The van der Waals surface area contributed by atoms with E-state index in [4.69, 9.17) is 0 Å². The van der Waals surface area contributed by atoms with E-state index in [-0.39, 0.29) is 29.6 Å². The first kappa shape index (κ1) is 35.7. The second kappa shape index (κ2) is 16.1. The molecule has 0 aromatic carbocycles. The van der Waals surface area contributed by atoms with Crippen molar-refractivity contribution >= 4 is 34.9 Å². The fourth-order valence-corrected chi connectivity index (χ4v) is 6.20. The van der Waals surface area contributed by atoms with E-state index in [9.17, 15) is 27.6 Å². The van der Waals surface area contributed by atoms with Gasteiger partial charge in [0.1, 0.15) is 0 Å². The Kier molecular flexibility index (Phi) is 12.2. The molecule has 1 aliphatic carbocycles. The van der Waals surface area contributed by atoms with Gasteiger partial charge >= 0.3 is 6.18 Å². The number of unbranched alkanes of at least 4 members (excludes halogenated alkanes) is 1. The van der Waals surface area contributed by atoms with E-state index in [0.29, 0.717) is 80.1 Å². The zero-order valence-electron chi connectivity index (χ0n) is 27.5. The summed E-state index contributed by atoms with van der Waals surface area (Å²) in [4.78, 5) is 47.3. The number of alkyl halides is 3. The standard InChI is InChI=1S/C35H45F3N6O3/c1-5-8-11-28-30(10-6-2)40-23-26-12-15-33(47)44(34(26)28)27-13-14-31(29(22-27)35(36,37)38)42(7-3)17-9-16-39-32(46)24-41-18-20-43(21-19-41)25(4)45/h6,10-15,23,27H,2,5,7-9,16-22,24H2,1,3-4H3,(H,39,46)/b28-11+,30-10+. The Hall–Kier alpha value is -4.19. The van der Waals surface area contributed by atoms with Gasteiger partial charge in [-0.2, -0.15) is 13.2 Å². The highest BCUT2D eigenvalue weighted by atomic mass is 19.4. The van der Waals surface area contributed by atoms with Crippen LogP contribution in [0, 0.1) is 0 Å². The topological polar surface area (TPSA) is 90.8 Å². The molecule has 12 heteroatoms. The lowest BCUT2D eigenvalue weighted by Crippen LogP contribution is -2.50. The van der Waals surface area contributed by atoms with E-state index in [0.717, 1.165) is 6.42 Å². The van der Waals surface area contributed by atoms with Gasteiger partial charge < -0.3 is 19.7 Å². The number of likely N-dealkylation sites (N-methyl/N-ethyl adjacent to an activating group) is 1. The van der Waals surface area contributed by atoms with Crippen LogP contribution in [0.25, 0.3) is 23.1 Å². The van der Waals surface area contributed by atoms with Crippen LogP contribution >= 0.6 is 0 Å². The molecule has 0 radical (unpaired) electrons. The molecule has 9 nitrogen and oxygen atoms in total. The molecule has 3 heterocycles. The molecule has 47 heavy (non-hydrogen) atoms. The largest absolute Gasteiger partial charge is 0.414 e. The van der Waals surface area contributed by atoms with Crippen molar-refractivity contribution < 1.29 is 22.8 Å². The molecule has 254 valence electrons. The molecular weight excluding hydrogens is 609 g/mol. The van der Waals surface area contributed by atoms with Gasteiger partial charge in [0, 0.05) is 87.7 Å². The minimum atomic E-state index is -4.61. The number of amides is 2. The van der Waals surface area contributed by atoms with Gasteiger partial charge in [0.15, 0.2) is 0 Å². The Bertz CT molecular complexity index is 1700. The first-order valence-corrected chi connectivity index (χ1v) is 16.3. The second-order valence-electron chi connectivity index (χ2n) is 11.9. The van der Waals surface area contributed by atoms with Crippen LogP contribution in [0.3, 0.4) is 0 Å². The zero-order valence-corrected chi connectivity index (χ0v) is 27.5. The molecular formula is C35H45F3N6O3. The molecule has 0 bridgehead atoms. The number of nitrogens with one attached hydrogen (secondary N) is 1. The molecule has 0 saturated carbocycles. The van der Waals surface area contributed by atoms with Gasteiger partial charge in [-0.25, -0.2) is 0 Å². The second-order valence-corrected chi connectivity index (χ2v) is 11.9. The number of nitrogens with zero attached hydrogens (tertiary/aromatic N) is 5. The maximum atomic E-state index is 14.7. The van der Waals surface area contributed by atoms with Crippen LogP contribution in [0.4, 0.5) is 13.2 Å². The fourth-order valence-electron chi connectivity index (χ4n) is 6.20. The van der Waals surface area contributed by atoms with Crippen LogP contribution < -0.4 is 21.4 Å². The molecule has 2 amide bonds. The van der Waals surface area contributed by atoms with Gasteiger partial charge in [-0.05, 0) is 38.0 Å². The number of carbonyl (C=O) groups is 2. The van der Waals surface area contributed by atoms with Crippen LogP contribution in [-0.2, 0) is 9.59 Å². The van der Waals surface area contributed by atoms with E-state index >= 15 is 0 Å². The smallest absolute Gasteiger partial charge is 0.372 e. The lowest BCUT2D eigenvalue weighted by Gasteiger charge is -2.33. The van der Waals surface area contributed by atoms with Crippen molar-refractivity contribution in [3.63, 3.8) is 0 Å². The zero-order chi connectivity index (χ0) is 34.1. The molecule has 1 N–H and O–H groups in total. The van der Waals surface area contributed by atoms with E-state index in [1.54, 1.807) is 47.2 Å². The van der Waals surface area contributed by atoms with Crippen LogP contribution in [0.2, 0.25) is 0 Å². The van der Waals surface area contributed by atoms with Crippen LogP contribution in [0.1, 0.15) is 52.5 Å². The number of carbonyl (C=O) groups excluding carboxylic acids is 2. The molecule has 1 aliphatic heterocycles. The number of hydrogen-bond donors (Lipinski definition) is 1. The van der Waals surface area contributed by atoms with Crippen molar-refractivity contribution in [1.82, 2.24) is 29.6 Å². The number of pyridine rings is 2. The summed E-state index contributed by atoms with van der Waals surface area (Å²) in [6, 6.07) is 2.19. The Morgan fingerprint density at radius 1 is 1.17 bits per heavy atom. The summed E-state index contributed by atoms with van der Waals surface area (Å²) < 4.78 is 45.5. The Morgan fingerprint density at radius 3 is 2.55 bits per heavy atom. The van der Waals surface area contributed by atoms with Gasteiger partial charge in [0.2, 0.25) is 11.8 Å². The predicted molar refractivity (Wildman–Crippen MR) is 179 cm³/mol. The average Bonchev–Trinajstić information content (AvgIpc) is 3.04. The SMILES string of the molecule is C=C/C=c1/ncc2ccc(=O)n(C3C=CC(N(CC)CCCNC(=O)CN4CCN(C(C)=O)CC4)=C(C(F)(F)F)C3)c2/c1=C/CCC. The molecule has 2 aromatic rings. The summed E-state index contributed by atoms with van der Waals surface area (Å²) in [5.74, 6) is -0.131. The number of piperazine rings is 1. The minimum absolute atomic E-state index is 0.0218. The molecule has 1 saturated heterocycles. The Balaban J connectivity index is 1.52. The number of allylic oxidation sites excluding steroid dienone is 4. The van der Waals surface area contributed by atoms with E-state index < -0.39 is 24.2 Å². The molecule has 0 spiro atoms. The number of fused-ring (bicyclic) bond motifs is 1. The lowest BCUT2D eigenvalue weighted by molar-refractivity contribution is -0.131. The number of halogens is 3. The molecule has 1 unspecified atom stereocenters. The maximum Gasteiger partial charge on any atom is 0.414 e. The van der Waals surface area contributed by atoms with Gasteiger partial charge in [-0.15, -0.1) is 0 Å². The fraction of sp³-hybridized carbons (Fsp3) is 0.486. The molecule has 1 atom stereocenters. The first-order chi connectivity index (χ1) is 22.5. The Morgan fingerprint density at radius 2 is 1.91 bits per heavy atom. The van der Waals surface area contributed by atoms with Crippen molar-refractivity contribution in [1.29, 1.82) is 0 Å². The lowest BCUT2D eigenvalue weighted by atomic mass is 9.95. The van der Waals surface area contributed by atoms with E-state index in [2.05, 4.69) is 16.9 Å². The van der Waals surface area contributed by atoms with Crippen molar-refractivity contribution in [2.24, 2.45) is 0 Å². The van der Waals surface area contributed by atoms with Crippen molar-refractivity contribution in [3.8, 4) is 0 Å². The molecule has 4 rings (SSSR count). The third kappa shape index (κ3) is 8.79. The van der Waals surface area contributed by atoms with Crippen molar-refractivity contribution in [2.75, 3.05) is 52.4 Å². The maximum absolute atomic E-state index is 14.7. The van der Waals surface area contributed by atoms with Crippen LogP contribution in [0.5, 0.6) is 0 Å². The van der Waals surface area contributed by atoms with Gasteiger partial charge in [-0.3, -0.25) is 24.3 Å². The number of rotatable bonds is 12. The monoisotopic (exact) mass is 654 g/mol. The molecule has 2 aliphatic rings. The van der Waals surface area contributed by atoms with Crippen molar-refractivity contribution in [2.45, 2.75) is 58.7 Å². The molecule has 1 fully saturated rings. The van der Waals surface area contributed by atoms with Gasteiger partial charge in [0.25, 0.3) is 5.56 Å². The van der Waals surface area contributed by atoms with Crippen LogP contribution in [0.15, 0.2) is 59.2 Å². The number of aromatic nitrogens is 2. The van der Waals surface area contributed by atoms with E-state index in [1.807, 2.05) is 17.9 Å². The summed E-state index contributed by atoms with van der Waals surface area (Å²) >= 11 is 0. The number of hydrogen-bond acceptors (Lipinski definition) is 6. The minimum Gasteiger partial charge on any atom is -0.372 e. The summed E-state index contributed by atoms with van der Waals surface area (Å²) in [6.45, 7) is 12.7. The van der Waals surface area contributed by atoms with Crippen LogP contribution in [-0.4, -0.2) is 94.6 Å². The highest BCUT2D eigenvalue weighted by Crippen LogP contribution is 2.39. The summed E-state index contributed by atoms with van der Waals surface area (Å²) in [5.41, 5.74) is -0.435. The predicted octanol–water partition coefficient (Wildman–Crippen LogP) is 3.25. The molecule has 2 aromatic heterocycles. The highest BCUT2D eigenvalue weighted by molar-refractivity contribution is 5.80. The quantitative estimate of drug-likeness (QED) is 0.354. The summed E-state index contributed by atoms with van der Waals surface area (Å²) in [6.07, 6.45) is 7.13. The van der Waals surface area contributed by atoms with E-state index in [1.165, 1.54) is 23.6 Å². The summed E-state index contributed by atoms with van der Waals surface area (Å²) in [7, 11) is 0. The van der Waals surface area contributed by atoms with Gasteiger partial charge in [0.05, 0.1) is 29.0 Å². The normalized spacial score (nSPS) is 18.3. The summed E-state index contributed by atoms with van der Waals surface area (Å²) in [5, 5.41) is 4.85. The van der Waals surface area contributed by atoms with Crippen molar-refractivity contribution in [3.05, 3.63) is 75.3 Å². The third-order valence-corrected chi connectivity index (χ3v) is 8.65. The highest BCUT2D eigenvalue weighted by Gasteiger charge is 2.40. The Labute approximate surface area is 273 Å². The first-order valence-electron chi connectivity index (χ1n) is 16.3. The average molecular weight is 655 g/mol.